The van der Waals surface area contributed by atoms with Crippen LogP contribution < -0.4 is 11.5 Å². The van der Waals surface area contributed by atoms with Crippen molar-refractivity contribution in [2.45, 2.75) is 39.2 Å². The third-order valence-electron chi connectivity index (χ3n) is 1.89. The van der Waals surface area contributed by atoms with Crippen molar-refractivity contribution in [3.8, 4) is 0 Å². The van der Waals surface area contributed by atoms with Crippen LogP contribution in [0, 0.1) is 5.92 Å². The van der Waals surface area contributed by atoms with E-state index in [0.717, 1.165) is 25.8 Å². The van der Waals surface area contributed by atoms with Gasteiger partial charge in [0.15, 0.2) is 0 Å². The van der Waals surface area contributed by atoms with E-state index in [4.69, 9.17) is 11.5 Å². The molecule has 0 aromatic heterocycles. The molecule has 10 heavy (non-hydrogen) atoms. The Morgan fingerprint density at radius 1 is 1.40 bits per heavy atom. The van der Waals surface area contributed by atoms with Crippen molar-refractivity contribution in [2.24, 2.45) is 17.4 Å². The quantitative estimate of drug-likeness (QED) is 0.607. The van der Waals surface area contributed by atoms with Crippen molar-refractivity contribution >= 4 is 0 Å². The van der Waals surface area contributed by atoms with E-state index < -0.39 is 0 Å². The lowest BCUT2D eigenvalue weighted by Crippen LogP contribution is -2.22. The summed E-state index contributed by atoms with van der Waals surface area (Å²) in [6, 6.07) is 0.376. The summed E-state index contributed by atoms with van der Waals surface area (Å²) >= 11 is 0. The SMILES string of the molecule is CCC(N)CC(C)CCN. The van der Waals surface area contributed by atoms with Gasteiger partial charge in [-0.2, -0.15) is 0 Å². The van der Waals surface area contributed by atoms with Gasteiger partial charge in [-0.3, -0.25) is 0 Å². The van der Waals surface area contributed by atoms with Gasteiger partial charge in [-0.05, 0) is 31.7 Å². The third kappa shape index (κ3) is 4.77. The number of nitrogens with two attached hydrogens (primary N) is 2. The molecule has 2 heteroatoms. The maximum absolute atomic E-state index is 5.76. The molecule has 62 valence electrons. The summed E-state index contributed by atoms with van der Waals surface area (Å²) in [5, 5.41) is 0. The second kappa shape index (κ2) is 5.69. The van der Waals surface area contributed by atoms with Gasteiger partial charge < -0.3 is 11.5 Å². The highest BCUT2D eigenvalue weighted by Crippen LogP contribution is 2.09. The fourth-order valence-corrected chi connectivity index (χ4v) is 1.09. The second-order valence-electron chi connectivity index (χ2n) is 3.09. The Hall–Kier alpha value is -0.0800. The van der Waals surface area contributed by atoms with Crippen LogP contribution in [0.4, 0.5) is 0 Å². The average Bonchev–Trinajstić information content (AvgIpc) is 1.88. The summed E-state index contributed by atoms with van der Waals surface area (Å²) in [6.45, 7) is 5.12. The fourth-order valence-electron chi connectivity index (χ4n) is 1.09. The van der Waals surface area contributed by atoms with Gasteiger partial charge in [0.2, 0.25) is 0 Å². The smallest absolute Gasteiger partial charge is 0.00387 e. The molecule has 0 spiro atoms. The van der Waals surface area contributed by atoms with E-state index >= 15 is 0 Å². The predicted molar refractivity (Wildman–Crippen MR) is 45.7 cm³/mol. The van der Waals surface area contributed by atoms with E-state index in [-0.39, 0.29) is 0 Å². The van der Waals surface area contributed by atoms with Gasteiger partial charge in [0.05, 0.1) is 0 Å². The van der Waals surface area contributed by atoms with Crippen molar-refractivity contribution in [1.29, 1.82) is 0 Å². The van der Waals surface area contributed by atoms with Crippen LogP contribution in [0.3, 0.4) is 0 Å². The van der Waals surface area contributed by atoms with E-state index in [1.54, 1.807) is 0 Å². The van der Waals surface area contributed by atoms with Crippen molar-refractivity contribution in [1.82, 2.24) is 0 Å². The van der Waals surface area contributed by atoms with E-state index in [2.05, 4.69) is 13.8 Å². The minimum Gasteiger partial charge on any atom is -0.330 e. The summed E-state index contributed by atoms with van der Waals surface area (Å²) in [5.74, 6) is 0.694. The third-order valence-corrected chi connectivity index (χ3v) is 1.89. The predicted octanol–water partition coefficient (Wildman–Crippen LogP) is 1.10. The molecule has 0 aliphatic rings. The molecule has 0 fully saturated rings. The van der Waals surface area contributed by atoms with Gasteiger partial charge in [0, 0.05) is 6.04 Å². The molecule has 4 N–H and O–H groups in total. The van der Waals surface area contributed by atoms with Gasteiger partial charge in [-0.25, -0.2) is 0 Å². The zero-order valence-corrected chi connectivity index (χ0v) is 7.14. The van der Waals surface area contributed by atoms with E-state index in [1.165, 1.54) is 0 Å². The molecule has 0 aromatic rings. The molecule has 0 rings (SSSR count). The molecule has 0 saturated carbocycles. The Balaban J connectivity index is 3.27. The van der Waals surface area contributed by atoms with Crippen LogP contribution in [0.25, 0.3) is 0 Å². The second-order valence-corrected chi connectivity index (χ2v) is 3.09. The summed E-state index contributed by atoms with van der Waals surface area (Å²) in [6.07, 6.45) is 3.30. The molecule has 0 radical (unpaired) electrons. The minimum atomic E-state index is 0.376. The van der Waals surface area contributed by atoms with Gasteiger partial charge in [-0.1, -0.05) is 13.8 Å². The van der Waals surface area contributed by atoms with E-state index in [0.29, 0.717) is 12.0 Å². The molecular formula is C8H20N2. The molecule has 0 saturated heterocycles. The molecule has 2 nitrogen and oxygen atoms in total. The van der Waals surface area contributed by atoms with Crippen molar-refractivity contribution < 1.29 is 0 Å². The summed E-state index contributed by atoms with van der Waals surface area (Å²) in [4.78, 5) is 0. The zero-order valence-electron chi connectivity index (χ0n) is 7.14. The van der Waals surface area contributed by atoms with Crippen LogP contribution in [0.2, 0.25) is 0 Å². The topological polar surface area (TPSA) is 52.0 Å². The molecular weight excluding hydrogens is 124 g/mol. The van der Waals surface area contributed by atoms with Crippen LogP contribution in [0.15, 0.2) is 0 Å². The molecule has 0 bridgehead atoms. The first kappa shape index (κ1) is 9.92. The highest BCUT2D eigenvalue weighted by Gasteiger charge is 2.05. The van der Waals surface area contributed by atoms with Crippen molar-refractivity contribution in [2.75, 3.05) is 6.54 Å². The Bertz CT molecular complexity index is 73.7. The number of hydrogen-bond acceptors (Lipinski definition) is 2. The van der Waals surface area contributed by atoms with Crippen LogP contribution in [-0.4, -0.2) is 12.6 Å². The van der Waals surface area contributed by atoms with Crippen LogP contribution in [0.1, 0.15) is 33.1 Å². The summed E-state index contributed by atoms with van der Waals surface area (Å²) in [7, 11) is 0. The first-order valence-corrected chi connectivity index (χ1v) is 4.16. The molecule has 0 aliphatic heterocycles. The Morgan fingerprint density at radius 2 is 2.00 bits per heavy atom. The van der Waals surface area contributed by atoms with E-state index in [9.17, 15) is 0 Å². The van der Waals surface area contributed by atoms with Gasteiger partial charge in [0.25, 0.3) is 0 Å². The Kier molecular flexibility index (Phi) is 5.64. The highest BCUT2D eigenvalue weighted by atomic mass is 14.6. The van der Waals surface area contributed by atoms with Gasteiger partial charge >= 0.3 is 0 Å². The lowest BCUT2D eigenvalue weighted by atomic mass is 9.98. The minimum absolute atomic E-state index is 0.376. The first-order chi connectivity index (χ1) is 4.70. The molecule has 2 atom stereocenters. The molecule has 0 aromatic carbocycles. The Labute approximate surface area is 64.0 Å². The normalized spacial score (nSPS) is 16.8. The maximum atomic E-state index is 5.76. The largest absolute Gasteiger partial charge is 0.330 e. The van der Waals surface area contributed by atoms with Crippen LogP contribution in [-0.2, 0) is 0 Å². The first-order valence-electron chi connectivity index (χ1n) is 4.16. The molecule has 0 aliphatic carbocycles. The molecule has 0 amide bonds. The number of hydrogen-bond donors (Lipinski definition) is 2. The summed E-state index contributed by atoms with van der Waals surface area (Å²) in [5.41, 5.74) is 11.2. The fraction of sp³-hybridized carbons (Fsp3) is 1.00. The highest BCUT2D eigenvalue weighted by molar-refractivity contribution is 4.63. The van der Waals surface area contributed by atoms with Crippen molar-refractivity contribution in [3.63, 3.8) is 0 Å². The summed E-state index contributed by atoms with van der Waals surface area (Å²) < 4.78 is 0. The molecule has 2 unspecified atom stereocenters. The lowest BCUT2D eigenvalue weighted by Gasteiger charge is -2.14. The lowest BCUT2D eigenvalue weighted by molar-refractivity contribution is 0.435. The zero-order chi connectivity index (χ0) is 7.98. The Morgan fingerprint density at radius 3 is 2.40 bits per heavy atom. The van der Waals surface area contributed by atoms with Crippen LogP contribution >= 0.6 is 0 Å². The van der Waals surface area contributed by atoms with Crippen LogP contribution in [0.5, 0.6) is 0 Å². The maximum Gasteiger partial charge on any atom is 0.00387 e. The molecule has 0 heterocycles. The van der Waals surface area contributed by atoms with E-state index in [1.807, 2.05) is 0 Å². The number of rotatable bonds is 5. The van der Waals surface area contributed by atoms with Crippen molar-refractivity contribution in [3.05, 3.63) is 0 Å². The monoisotopic (exact) mass is 144 g/mol. The standard InChI is InChI=1S/C8H20N2/c1-3-8(10)6-7(2)4-5-9/h7-8H,3-6,9-10H2,1-2H3. The average molecular weight is 144 g/mol. The van der Waals surface area contributed by atoms with Gasteiger partial charge in [-0.15, -0.1) is 0 Å². The van der Waals surface area contributed by atoms with Gasteiger partial charge in [0.1, 0.15) is 0 Å².